The Morgan fingerprint density at radius 3 is 2.73 bits per heavy atom. The summed E-state index contributed by atoms with van der Waals surface area (Å²) < 4.78 is 18.0. The Morgan fingerprint density at radius 1 is 1.32 bits per heavy atom. The number of hydrazone groups is 1. The zero-order valence-electron chi connectivity index (χ0n) is 11.9. The minimum Gasteiger partial charge on any atom is -0.504 e. The first-order valence-electron chi connectivity index (χ1n) is 6.65. The van der Waals surface area contributed by atoms with E-state index >= 15 is 0 Å². The number of hydrogen-bond acceptors (Lipinski definition) is 4. The predicted molar refractivity (Wildman–Crippen MR) is 80.7 cm³/mol. The van der Waals surface area contributed by atoms with Crippen molar-refractivity contribution in [3.05, 3.63) is 59.4 Å². The van der Waals surface area contributed by atoms with Crippen LogP contribution in [0.3, 0.4) is 0 Å². The van der Waals surface area contributed by atoms with E-state index in [-0.39, 0.29) is 11.3 Å². The summed E-state index contributed by atoms with van der Waals surface area (Å²) in [6.45, 7) is 2.23. The summed E-state index contributed by atoms with van der Waals surface area (Å²) in [6, 6.07) is 10.1. The van der Waals surface area contributed by atoms with Gasteiger partial charge in [0.15, 0.2) is 11.5 Å². The zero-order chi connectivity index (χ0) is 15.9. The topological polar surface area (TPSA) is 70.9 Å². The van der Waals surface area contributed by atoms with Gasteiger partial charge in [-0.05, 0) is 43.3 Å². The average Bonchev–Trinajstić information content (AvgIpc) is 2.51. The largest absolute Gasteiger partial charge is 0.504 e. The molecule has 22 heavy (non-hydrogen) atoms. The molecule has 5 nitrogen and oxygen atoms in total. The van der Waals surface area contributed by atoms with Gasteiger partial charge in [-0.15, -0.1) is 0 Å². The van der Waals surface area contributed by atoms with Crippen LogP contribution >= 0.6 is 0 Å². The molecule has 0 unspecified atom stereocenters. The van der Waals surface area contributed by atoms with Crippen LogP contribution in [0, 0.1) is 5.82 Å². The molecule has 0 atom stereocenters. The quantitative estimate of drug-likeness (QED) is 0.659. The van der Waals surface area contributed by atoms with E-state index in [1.54, 1.807) is 18.2 Å². The first kappa shape index (κ1) is 15.5. The molecule has 1 amide bonds. The Kier molecular flexibility index (Phi) is 5.08. The molecule has 2 rings (SSSR count). The first-order valence-corrected chi connectivity index (χ1v) is 6.65. The predicted octanol–water partition coefficient (Wildman–Crippen LogP) is 2.69. The third-order valence-corrected chi connectivity index (χ3v) is 2.81. The summed E-state index contributed by atoms with van der Waals surface area (Å²) in [5.41, 5.74) is 2.99. The van der Waals surface area contributed by atoms with Gasteiger partial charge < -0.3 is 9.84 Å². The number of rotatable bonds is 5. The molecule has 0 heterocycles. The molecule has 6 heteroatoms. The second kappa shape index (κ2) is 7.21. The van der Waals surface area contributed by atoms with Crippen LogP contribution < -0.4 is 10.2 Å². The highest BCUT2D eigenvalue weighted by Gasteiger charge is 2.07. The van der Waals surface area contributed by atoms with Crippen LogP contribution in [0.1, 0.15) is 22.8 Å². The van der Waals surface area contributed by atoms with Crippen molar-refractivity contribution in [2.45, 2.75) is 6.92 Å². The fourth-order valence-corrected chi connectivity index (χ4v) is 1.74. The maximum absolute atomic E-state index is 12.8. The molecular weight excluding hydrogens is 287 g/mol. The minimum atomic E-state index is -0.475. The summed E-state index contributed by atoms with van der Waals surface area (Å²) >= 11 is 0. The molecular formula is C16H15FN2O3. The number of halogens is 1. The van der Waals surface area contributed by atoms with E-state index in [0.29, 0.717) is 17.9 Å². The van der Waals surface area contributed by atoms with Crippen molar-refractivity contribution in [1.82, 2.24) is 5.43 Å². The van der Waals surface area contributed by atoms with E-state index < -0.39 is 11.7 Å². The van der Waals surface area contributed by atoms with E-state index in [0.717, 1.165) is 0 Å². The Morgan fingerprint density at radius 2 is 2.05 bits per heavy atom. The van der Waals surface area contributed by atoms with Gasteiger partial charge in [0.05, 0.1) is 12.8 Å². The van der Waals surface area contributed by atoms with Crippen LogP contribution in [0.25, 0.3) is 0 Å². The standard InChI is InChI=1S/C16H15FN2O3/c1-2-22-14-5-3-4-12(15(14)20)10-18-19-16(21)11-6-8-13(17)9-7-11/h3-10,20H,2H2,1H3,(H,19,21). The Balaban J connectivity index is 2.05. The second-order valence-corrected chi connectivity index (χ2v) is 4.33. The van der Waals surface area contributed by atoms with Gasteiger partial charge >= 0.3 is 0 Å². The fraction of sp³-hybridized carbons (Fsp3) is 0.125. The Labute approximate surface area is 127 Å². The molecule has 0 radical (unpaired) electrons. The highest BCUT2D eigenvalue weighted by molar-refractivity contribution is 5.95. The lowest BCUT2D eigenvalue weighted by Gasteiger charge is -2.07. The van der Waals surface area contributed by atoms with Gasteiger partial charge in [-0.1, -0.05) is 6.07 Å². The van der Waals surface area contributed by atoms with Gasteiger partial charge in [-0.25, -0.2) is 9.82 Å². The van der Waals surface area contributed by atoms with E-state index in [4.69, 9.17) is 4.74 Å². The highest BCUT2D eigenvalue weighted by atomic mass is 19.1. The van der Waals surface area contributed by atoms with Gasteiger partial charge in [0, 0.05) is 11.1 Å². The van der Waals surface area contributed by atoms with Gasteiger partial charge in [-0.3, -0.25) is 4.79 Å². The maximum atomic E-state index is 12.8. The number of para-hydroxylation sites is 1. The fourth-order valence-electron chi connectivity index (χ4n) is 1.74. The molecule has 2 aromatic carbocycles. The number of benzene rings is 2. The van der Waals surface area contributed by atoms with Crippen molar-refractivity contribution in [3.63, 3.8) is 0 Å². The van der Waals surface area contributed by atoms with Crippen molar-refractivity contribution >= 4 is 12.1 Å². The molecule has 2 N–H and O–H groups in total. The number of carbonyl (C=O) groups is 1. The number of phenolic OH excluding ortho intramolecular Hbond substituents is 1. The van der Waals surface area contributed by atoms with Crippen molar-refractivity contribution in [3.8, 4) is 11.5 Å². The lowest BCUT2D eigenvalue weighted by molar-refractivity contribution is 0.0955. The van der Waals surface area contributed by atoms with Crippen LogP contribution in [0.5, 0.6) is 11.5 Å². The lowest BCUT2D eigenvalue weighted by atomic mass is 10.2. The Bertz CT molecular complexity index is 684. The molecule has 2 aromatic rings. The number of nitrogens with one attached hydrogen (secondary N) is 1. The van der Waals surface area contributed by atoms with Gasteiger partial charge in [-0.2, -0.15) is 5.10 Å². The summed E-state index contributed by atoms with van der Waals surface area (Å²) in [6.07, 6.45) is 1.30. The molecule has 0 aromatic heterocycles. The van der Waals surface area contributed by atoms with Crippen molar-refractivity contribution in [1.29, 1.82) is 0 Å². The first-order chi connectivity index (χ1) is 10.6. The smallest absolute Gasteiger partial charge is 0.271 e. The summed E-state index contributed by atoms with van der Waals surface area (Å²) in [5.74, 6) is -0.602. The van der Waals surface area contributed by atoms with Crippen LogP contribution in [-0.2, 0) is 0 Å². The van der Waals surface area contributed by atoms with Gasteiger partial charge in [0.1, 0.15) is 5.82 Å². The van der Waals surface area contributed by atoms with Crippen LogP contribution in [-0.4, -0.2) is 23.8 Å². The summed E-state index contributed by atoms with van der Waals surface area (Å²) in [5, 5.41) is 13.7. The van der Waals surface area contributed by atoms with Gasteiger partial charge in [0.25, 0.3) is 5.91 Å². The number of phenols is 1. The minimum absolute atomic E-state index is 0.0517. The SMILES string of the molecule is CCOc1cccc(C=NNC(=O)c2ccc(F)cc2)c1O. The monoisotopic (exact) mass is 302 g/mol. The van der Waals surface area contributed by atoms with Gasteiger partial charge in [0.2, 0.25) is 0 Å². The molecule has 114 valence electrons. The van der Waals surface area contributed by atoms with Crippen molar-refractivity contribution in [2.24, 2.45) is 5.10 Å². The number of aromatic hydroxyl groups is 1. The number of amides is 1. The van der Waals surface area contributed by atoms with Crippen molar-refractivity contribution < 1.29 is 19.0 Å². The second-order valence-electron chi connectivity index (χ2n) is 4.33. The van der Waals surface area contributed by atoms with Crippen LogP contribution in [0.15, 0.2) is 47.6 Å². The maximum Gasteiger partial charge on any atom is 0.271 e. The molecule has 0 saturated carbocycles. The average molecular weight is 302 g/mol. The molecule has 0 aliphatic heterocycles. The number of carbonyl (C=O) groups excluding carboxylic acids is 1. The third kappa shape index (κ3) is 3.82. The number of hydrogen-bond donors (Lipinski definition) is 2. The van der Waals surface area contributed by atoms with E-state index in [1.807, 2.05) is 6.92 Å². The summed E-state index contributed by atoms with van der Waals surface area (Å²) in [7, 11) is 0. The summed E-state index contributed by atoms with van der Waals surface area (Å²) in [4.78, 5) is 11.8. The zero-order valence-corrected chi connectivity index (χ0v) is 11.9. The molecule has 0 aliphatic carbocycles. The molecule has 0 fully saturated rings. The number of ether oxygens (including phenoxy) is 1. The molecule has 0 bridgehead atoms. The lowest BCUT2D eigenvalue weighted by Crippen LogP contribution is -2.17. The molecule has 0 saturated heterocycles. The van der Waals surface area contributed by atoms with Crippen molar-refractivity contribution in [2.75, 3.05) is 6.61 Å². The molecule has 0 aliphatic rings. The van der Waals surface area contributed by atoms with Crippen LogP contribution in [0.4, 0.5) is 4.39 Å². The Hall–Kier alpha value is -2.89. The normalized spacial score (nSPS) is 10.6. The molecule has 0 spiro atoms. The highest BCUT2D eigenvalue weighted by Crippen LogP contribution is 2.28. The van der Waals surface area contributed by atoms with E-state index in [2.05, 4.69) is 10.5 Å². The van der Waals surface area contributed by atoms with E-state index in [1.165, 1.54) is 30.5 Å². The van der Waals surface area contributed by atoms with E-state index in [9.17, 15) is 14.3 Å². The number of nitrogens with zero attached hydrogens (tertiary/aromatic N) is 1. The van der Waals surface area contributed by atoms with Crippen LogP contribution in [0.2, 0.25) is 0 Å². The third-order valence-electron chi connectivity index (χ3n) is 2.81.